The van der Waals surface area contributed by atoms with Gasteiger partial charge in [-0.2, -0.15) is 18.3 Å². The van der Waals surface area contributed by atoms with Crippen LogP contribution in [0.15, 0.2) is 51.8 Å². The summed E-state index contributed by atoms with van der Waals surface area (Å²) in [5, 5.41) is 3.50. The highest BCUT2D eigenvalue weighted by molar-refractivity contribution is 9.10. The van der Waals surface area contributed by atoms with E-state index in [0.29, 0.717) is 28.9 Å². The van der Waals surface area contributed by atoms with Gasteiger partial charge >= 0.3 is 6.18 Å². The van der Waals surface area contributed by atoms with Crippen LogP contribution in [-0.2, 0) is 16.0 Å². The maximum Gasteiger partial charge on any atom is 0.435 e. The molecule has 28 heavy (non-hydrogen) atoms. The van der Waals surface area contributed by atoms with Crippen LogP contribution >= 0.6 is 15.9 Å². The summed E-state index contributed by atoms with van der Waals surface area (Å²) in [5.41, 5.74) is -1.61. The topological polar surface area (TPSA) is 52.0 Å². The van der Waals surface area contributed by atoms with Crippen LogP contribution in [0.3, 0.4) is 0 Å². The summed E-state index contributed by atoms with van der Waals surface area (Å²) in [4.78, 5) is -1.15. The second-order valence-electron chi connectivity index (χ2n) is 5.84. The molecular weight excluding hydrogens is 471 g/mol. The Balaban J connectivity index is 2.27. The molecule has 1 heterocycles. The Hall–Kier alpha value is -2.27. The lowest BCUT2D eigenvalue weighted by Gasteiger charge is -2.10. The van der Waals surface area contributed by atoms with Crippen LogP contribution in [0.5, 0.6) is 0 Å². The molecule has 0 aliphatic rings. The van der Waals surface area contributed by atoms with Crippen molar-refractivity contribution >= 4 is 25.8 Å². The maximum atomic E-state index is 14.2. The van der Waals surface area contributed by atoms with Gasteiger partial charge in [0.1, 0.15) is 16.5 Å². The van der Waals surface area contributed by atoms with Crippen molar-refractivity contribution in [2.75, 3.05) is 6.26 Å². The molecule has 0 fully saturated rings. The quantitative estimate of drug-likeness (QED) is 0.495. The van der Waals surface area contributed by atoms with Gasteiger partial charge < -0.3 is 0 Å². The predicted molar refractivity (Wildman–Crippen MR) is 94.7 cm³/mol. The molecule has 0 saturated carbocycles. The summed E-state index contributed by atoms with van der Waals surface area (Å²) in [5.74, 6) is -2.82. The number of nitrogens with zero attached hydrogens (tertiary/aromatic N) is 2. The molecule has 0 unspecified atom stereocenters. The van der Waals surface area contributed by atoms with Crippen LogP contribution in [0.1, 0.15) is 5.69 Å². The molecule has 0 N–H and O–H groups in total. The molecule has 0 amide bonds. The van der Waals surface area contributed by atoms with Crippen LogP contribution in [-0.4, -0.2) is 24.5 Å². The summed E-state index contributed by atoms with van der Waals surface area (Å²) in [6.07, 6.45) is -4.17. The fourth-order valence-electron chi connectivity index (χ4n) is 2.57. The number of alkyl halides is 3. The Morgan fingerprint density at radius 1 is 1.00 bits per heavy atom. The lowest BCUT2D eigenvalue weighted by atomic mass is 10.1. The van der Waals surface area contributed by atoms with Crippen molar-refractivity contribution in [2.24, 2.45) is 0 Å². The average Bonchev–Trinajstić information content (AvgIpc) is 2.99. The lowest BCUT2D eigenvalue weighted by Crippen LogP contribution is -2.07. The molecule has 0 radical (unpaired) electrons. The van der Waals surface area contributed by atoms with Gasteiger partial charge in [0, 0.05) is 16.3 Å². The predicted octanol–water partition coefficient (Wildman–Crippen LogP) is 5.00. The van der Waals surface area contributed by atoms with Crippen molar-refractivity contribution < 1.29 is 30.4 Å². The maximum absolute atomic E-state index is 14.2. The van der Waals surface area contributed by atoms with E-state index in [4.69, 9.17) is 0 Å². The van der Waals surface area contributed by atoms with Gasteiger partial charge in [-0.3, -0.25) is 0 Å². The molecule has 0 aliphatic heterocycles. The van der Waals surface area contributed by atoms with Crippen molar-refractivity contribution in [3.8, 4) is 16.9 Å². The van der Waals surface area contributed by atoms with Crippen LogP contribution in [0, 0.1) is 11.6 Å². The average molecular weight is 481 g/mol. The van der Waals surface area contributed by atoms with E-state index in [1.165, 1.54) is 12.1 Å². The zero-order chi connectivity index (χ0) is 20.9. The first kappa shape index (κ1) is 20.5. The van der Waals surface area contributed by atoms with Gasteiger partial charge in [0.25, 0.3) is 0 Å². The van der Waals surface area contributed by atoms with Gasteiger partial charge in [0.2, 0.25) is 0 Å². The molecule has 0 atom stereocenters. The smallest absolute Gasteiger partial charge is 0.233 e. The number of benzene rings is 2. The molecule has 1 aromatic heterocycles. The third kappa shape index (κ3) is 3.95. The van der Waals surface area contributed by atoms with Gasteiger partial charge in [0.05, 0.1) is 11.4 Å². The fraction of sp³-hybridized carbons (Fsp3) is 0.118. The normalized spacial score (nSPS) is 12.4. The number of hydrogen-bond donors (Lipinski definition) is 0. The third-order valence-electron chi connectivity index (χ3n) is 3.74. The largest absolute Gasteiger partial charge is 0.435 e. The summed E-state index contributed by atoms with van der Waals surface area (Å²) in [7, 11) is -4.21. The fourth-order valence-corrected chi connectivity index (χ4v) is 3.66. The molecule has 3 rings (SSSR count). The standard InChI is InChI=1S/C17H10BrF5N2O2S/c1-28(26,27)16-12(19)6-9(7-13(16)20)14-8-15(17(21,22)23)24-25(14)11-4-2-10(18)3-5-11/h2-8H,1H3. The minimum Gasteiger partial charge on any atom is -0.233 e. The molecule has 11 heteroatoms. The summed E-state index contributed by atoms with van der Waals surface area (Å²) in [6.45, 7) is 0. The Labute approximate surface area is 164 Å². The first-order valence-corrected chi connectivity index (χ1v) is 10.2. The Kier molecular flexibility index (Phi) is 5.09. The van der Waals surface area contributed by atoms with Crippen molar-refractivity contribution in [1.29, 1.82) is 0 Å². The zero-order valence-electron chi connectivity index (χ0n) is 13.9. The lowest BCUT2D eigenvalue weighted by molar-refractivity contribution is -0.141. The molecule has 2 aromatic carbocycles. The summed E-state index contributed by atoms with van der Waals surface area (Å²) >= 11 is 3.20. The van der Waals surface area contributed by atoms with E-state index in [1.807, 2.05) is 0 Å². The van der Waals surface area contributed by atoms with Crippen LogP contribution < -0.4 is 0 Å². The van der Waals surface area contributed by atoms with E-state index in [1.54, 1.807) is 12.1 Å². The van der Waals surface area contributed by atoms with Crippen LogP contribution in [0.25, 0.3) is 16.9 Å². The zero-order valence-corrected chi connectivity index (χ0v) is 16.3. The molecule has 0 bridgehead atoms. The molecule has 0 spiro atoms. The van der Waals surface area contributed by atoms with Gasteiger partial charge in [-0.25, -0.2) is 21.9 Å². The second-order valence-corrected chi connectivity index (χ2v) is 8.71. The molecule has 0 saturated heterocycles. The van der Waals surface area contributed by atoms with Crippen molar-refractivity contribution in [2.45, 2.75) is 11.1 Å². The first-order chi connectivity index (χ1) is 12.9. The molecular formula is C17H10BrF5N2O2S. The summed E-state index contributed by atoms with van der Waals surface area (Å²) in [6, 6.07) is 7.98. The molecule has 4 nitrogen and oxygen atoms in total. The molecule has 3 aromatic rings. The minimum atomic E-state index is -4.79. The number of hydrogen-bond acceptors (Lipinski definition) is 3. The van der Waals surface area contributed by atoms with Gasteiger partial charge in [0.15, 0.2) is 15.5 Å². The summed E-state index contributed by atoms with van der Waals surface area (Å²) < 4.78 is 92.5. The second kappa shape index (κ2) is 6.96. The van der Waals surface area contributed by atoms with E-state index < -0.39 is 38.2 Å². The van der Waals surface area contributed by atoms with Crippen molar-refractivity contribution in [3.63, 3.8) is 0 Å². The van der Waals surface area contributed by atoms with E-state index >= 15 is 0 Å². The number of sulfone groups is 1. The minimum absolute atomic E-state index is 0.210. The Morgan fingerprint density at radius 2 is 1.54 bits per heavy atom. The highest BCUT2D eigenvalue weighted by Gasteiger charge is 2.35. The number of halogens is 6. The van der Waals surface area contributed by atoms with E-state index in [2.05, 4.69) is 21.0 Å². The molecule has 0 aliphatic carbocycles. The van der Waals surface area contributed by atoms with Crippen molar-refractivity contribution in [3.05, 3.63) is 64.3 Å². The van der Waals surface area contributed by atoms with Crippen LogP contribution in [0.2, 0.25) is 0 Å². The Bertz CT molecular complexity index is 1130. The Morgan fingerprint density at radius 3 is 2.00 bits per heavy atom. The van der Waals surface area contributed by atoms with Crippen LogP contribution in [0.4, 0.5) is 22.0 Å². The van der Waals surface area contributed by atoms with Gasteiger partial charge in [-0.1, -0.05) is 15.9 Å². The van der Waals surface area contributed by atoms with E-state index in [-0.39, 0.29) is 16.9 Å². The van der Waals surface area contributed by atoms with E-state index in [0.717, 1.165) is 4.68 Å². The van der Waals surface area contributed by atoms with Gasteiger partial charge in [-0.05, 0) is 42.5 Å². The number of rotatable bonds is 3. The highest BCUT2D eigenvalue weighted by Crippen LogP contribution is 2.35. The third-order valence-corrected chi connectivity index (χ3v) is 5.40. The van der Waals surface area contributed by atoms with E-state index in [9.17, 15) is 30.4 Å². The van der Waals surface area contributed by atoms with Crippen molar-refractivity contribution in [1.82, 2.24) is 9.78 Å². The highest BCUT2D eigenvalue weighted by atomic mass is 79.9. The first-order valence-electron chi connectivity index (χ1n) is 7.50. The monoisotopic (exact) mass is 480 g/mol. The molecule has 148 valence electrons. The SMILES string of the molecule is CS(=O)(=O)c1c(F)cc(-c2cc(C(F)(F)F)nn2-c2ccc(Br)cc2)cc1F. The number of aromatic nitrogens is 2. The van der Waals surface area contributed by atoms with Gasteiger partial charge in [-0.15, -0.1) is 0 Å².